The first-order valence-electron chi connectivity index (χ1n) is 10.4. The SMILES string of the molecule is CNC1CCCC[C@H]1Nc1nc(Nc2cccc(-n3cccn3)c2)c(C(N)=O)cc1F. The Morgan fingerprint density at radius 2 is 1.97 bits per heavy atom. The van der Waals surface area contributed by atoms with E-state index in [0.717, 1.165) is 37.4 Å². The highest BCUT2D eigenvalue weighted by molar-refractivity contribution is 5.98. The number of hydrogen-bond donors (Lipinski definition) is 4. The predicted molar refractivity (Wildman–Crippen MR) is 118 cm³/mol. The van der Waals surface area contributed by atoms with Gasteiger partial charge in [-0.2, -0.15) is 5.10 Å². The maximum atomic E-state index is 14.8. The van der Waals surface area contributed by atoms with Crippen molar-refractivity contribution in [2.45, 2.75) is 37.8 Å². The van der Waals surface area contributed by atoms with Crippen molar-refractivity contribution in [1.29, 1.82) is 0 Å². The molecule has 8 nitrogen and oxygen atoms in total. The lowest BCUT2D eigenvalue weighted by Crippen LogP contribution is -2.45. The third kappa shape index (κ3) is 4.66. The number of aromatic nitrogens is 3. The molecule has 1 aromatic carbocycles. The van der Waals surface area contributed by atoms with E-state index in [1.165, 1.54) is 0 Å². The summed E-state index contributed by atoms with van der Waals surface area (Å²) in [6, 6.07) is 10.7. The molecule has 9 heteroatoms. The predicted octanol–water partition coefficient (Wildman–Crippen LogP) is 3.19. The number of carbonyl (C=O) groups is 1. The van der Waals surface area contributed by atoms with Crippen molar-refractivity contribution in [1.82, 2.24) is 20.1 Å². The molecule has 0 bridgehead atoms. The summed E-state index contributed by atoms with van der Waals surface area (Å²) in [7, 11) is 1.91. The molecule has 0 aliphatic heterocycles. The van der Waals surface area contributed by atoms with Crippen molar-refractivity contribution < 1.29 is 9.18 Å². The first-order valence-corrected chi connectivity index (χ1v) is 10.4. The number of amides is 1. The van der Waals surface area contributed by atoms with Gasteiger partial charge in [0.25, 0.3) is 5.91 Å². The van der Waals surface area contributed by atoms with Crippen LogP contribution in [0.25, 0.3) is 5.69 Å². The van der Waals surface area contributed by atoms with Crippen LogP contribution in [0.15, 0.2) is 48.8 Å². The van der Waals surface area contributed by atoms with Crippen LogP contribution in [-0.2, 0) is 0 Å². The maximum absolute atomic E-state index is 14.8. The van der Waals surface area contributed by atoms with Gasteiger partial charge in [-0.25, -0.2) is 14.1 Å². The molecule has 4 rings (SSSR count). The Hall–Kier alpha value is -3.46. The highest BCUT2D eigenvalue weighted by atomic mass is 19.1. The number of pyridine rings is 1. The summed E-state index contributed by atoms with van der Waals surface area (Å²) in [6.45, 7) is 0. The molecule has 31 heavy (non-hydrogen) atoms. The van der Waals surface area contributed by atoms with Gasteiger partial charge < -0.3 is 21.7 Å². The Balaban J connectivity index is 1.64. The molecule has 2 aromatic heterocycles. The van der Waals surface area contributed by atoms with E-state index >= 15 is 0 Å². The first kappa shape index (κ1) is 20.8. The van der Waals surface area contributed by atoms with Gasteiger partial charge in [0.15, 0.2) is 11.6 Å². The van der Waals surface area contributed by atoms with Crippen LogP contribution < -0.4 is 21.7 Å². The van der Waals surface area contributed by atoms with E-state index in [4.69, 9.17) is 5.73 Å². The minimum absolute atomic E-state index is 0.0126. The molecule has 2 atom stereocenters. The average molecular weight is 423 g/mol. The monoisotopic (exact) mass is 423 g/mol. The number of carbonyl (C=O) groups excluding carboxylic acids is 1. The zero-order valence-electron chi connectivity index (χ0n) is 17.3. The highest BCUT2D eigenvalue weighted by Crippen LogP contribution is 2.27. The second kappa shape index (κ2) is 9.13. The Morgan fingerprint density at radius 1 is 1.16 bits per heavy atom. The average Bonchev–Trinajstić information content (AvgIpc) is 3.31. The van der Waals surface area contributed by atoms with Crippen molar-refractivity contribution in [3.63, 3.8) is 0 Å². The van der Waals surface area contributed by atoms with Crippen LogP contribution in [0.2, 0.25) is 0 Å². The van der Waals surface area contributed by atoms with Gasteiger partial charge in [0, 0.05) is 30.2 Å². The minimum atomic E-state index is -0.755. The first-order chi connectivity index (χ1) is 15.0. The van der Waals surface area contributed by atoms with Gasteiger partial charge in [-0.1, -0.05) is 18.9 Å². The van der Waals surface area contributed by atoms with Crippen molar-refractivity contribution in [3.8, 4) is 5.69 Å². The van der Waals surface area contributed by atoms with Gasteiger partial charge in [-0.05, 0) is 50.2 Å². The van der Waals surface area contributed by atoms with E-state index in [-0.39, 0.29) is 29.3 Å². The number of hydrogen-bond acceptors (Lipinski definition) is 6. The van der Waals surface area contributed by atoms with E-state index in [2.05, 4.69) is 26.0 Å². The summed E-state index contributed by atoms with van der Waals surface area (Å²) < 4.78 is 16.5. The van der Waals surface area contributed by atoms with Crippen molar-refractivity contribution in [3.05, 3.63) is 60.2 Å². The molecular formula is C22H26FN7O. The van der Waals surface area contributed by atoms with E-state index in [1.54, 1.807) is 10.9 Å². The second-order valence-corrected chi connectivity index (χ2v) is 7.64. The van der Waals surface area contributed by atoms with Gasteiger partial charge in [0.2, 0.25) is 0 Å². The van der Waals surface area contributed by atoms with Gasteiger partial charge in [-0.3, -0.25) is 4.79 Å². The molecule has 0 spiro atoms. The van der Waals surface area contributed by atoms with Crippen LogP contribution in [0, 0.1) is 5.82 Å². The fourth-order valence-corrected chi connectivity index (χ4v) is 3.98. The zero-order chi connectivity index (χ0) is 21.8. The summed E-state index contributed by atoms with van der Waals surface area (Å²) in [5, 5.41) is 13.8. The molecule has 0 saturated heterocycles. The quantitative estimate of drug-likeness (QED) is 0.465. The van der Waals surface area contributed by atoms with Crippen molar-refractivity contribution >= 4 is 23.2 Å². The number of likely N-dealkylation sites (N-methyl/N-ethyl adjacent to an activating group) is 1. The Labute approximate surface area is 180 Å². The molecule has 1 saturated carbocycles. The number of halogens is 1. The summed E-state index contributed by atoms with van der Waals surface area (Å²) >= 11 is 0. The standard InChI is InChI=1S/C22H26FN7O/c1-25-18-8-2-3-9-19(18)28-22-17(23)13-16(20(24)31)21(29-22)27-14-6-4-7-15(12-14)30-11-5-10-26-30/h4-7,10-13,18-19,25H,2-3,8-9H2,1H3,(H2,24,31)(H2,27,28,29)/t18?,19-/m1/s1. The normalized spacial score (nSPS) is 18.5. The third-order valence-corrected chi connectivity index (χ3v) is 5.58. The fraction of sp³-hybridized carbons (Fsp3) is 0.318. The fourth-order valence-electron chi connectivity index (χ4n) is 3.98. The molecule has 2 heterocycles. The van der Waals surface area contributed by atoms with Crippen molar-refractivity contribution in [2.75, 3.05) is 17.7 Å². The molecule has 0 radical (unpaired) electrons. The number of primary amides is 1. The molecule has 5 N–H and O–H groups in total. The second-order valence-electron chi connectivity index (χ2n) is 7.64. The molecule has 1 amide bonds. The lowest BCUT2D eigenvalue weighted by molar-refractivity contribution is 0.100. The minimum Gasteiger partial charge on any atom is -0.365 e. The summed E-state index contributed by atoms with van der Waals surface area (Å²) in [6.07, 6.45) is 7.66. The van der Waals surface area contributed by atoms with Crippen LogP contribution in [0.3, 0.4) is 0 Å². The Bertz CT molecular complexity index is 1050. The Kier molecular flexibility index (Phi) is 6.13. The number of nitrogens with two attached hydrogens (primary N) is 1. The molecule has 162 valence electrons. The Morgan fingerprint density at radius 3 is 2.68 bits per heavy atom. The summed E-state index contributed by atoms with van der Waals surface area (Å²) in [5.74, 6) is -1.06. The lowest BCUT2D eigenvalue weighted by atomic mass is 9.90. The topological polar surface area (TPSA) is 110 Å². The van der Waals surface area contributed by atoms with Crippen LogP contribution >= 0.6 is 0 Å². The molecule has 3 aromatic rings. The van der Waals surface area contributed by atoms with Crippen LogP contribution in [-0.4, -0.2) is 39.8 Å². The smallest absolute Gasteiger partial charge is 0.252 e. The maximum Gasteiger partial charge on any atom is 0.252 e. The third-order valence-electron chi connectivity index (χ3n) is 5.58. The van der Waals surface area contributed by atoms with Gasteiger partial charge in [-0.15, -0.1) is 0 Å². The zero-order valence-corrected chi connectivity index (χ0v) is 17.3. The van der Waals surface area contributed by atoms with Crippen molar-refractivity contribution in [2.24, 2.45) is 5.73 Å². The van der Waals surface area contributed by atoms with E-state index in [1.807, 2.05) is 43.6 Å². The molecule has 1 unspecified atom stereocenters. The molecule has 1 aliphatic carbocycles. The van der Waals surface area contributed by atoms with Crippen LogP contribution in [0.1, 0.15) is 36.0 Å². The number of rotatable bonds is 7. The number of nitrogens with one attached hydrogen (secondary N) is 3. The van der Waals surface area contributed by atoms with Gasteiger partial charge >= 0.3 is 0 Å². The summed E-state index contributed by atoms with van der Waals surface area (Å²) in [5.41, 5.74) is 6.98. The van der Waals surface area contributed by atoms with Gasteiger partial charge in [0.1, 0.15) is 5.82 Å². The van der Waals surface area contributed by atoms with E-state index in [0.29, 0.717) is 5.69 Å². The lowest BCUT2D eigenvalue weighted by Gasteiger charge is -2.32. The van der Waals surface area contributed by atoms with Crippen LogP contribution in [0.5, 0.6) is 0 Å². The summed E-state index contributed by atoms with van der Waals surface area (Å²) in [4.78, 5) is 16.3. The highest BCUT2D eigenvalue weighted by Gasteiger charge is 2.26. The molecule has 1 fully saturated rings. The van der Waals surface area contributed by atoms with E-state index in [9.17, 15) is 9.18 Å². The largest absolute Gasteiger partial charge is 0.365 e. The number of benzene rings is 1. The van der Waals surface area contributed by atoms with Gasteiger partial charge in [0.05, 0.1) is 11.3 Å². The number of anilines is 3. The number of nitrogens with zero attached hydrogens (tertiary/aromatic N) is 3. The molecule has 1 aliphatic rings. The van der Waals surface area contributed by atoms with E-state index < -0.39 is 11.7 Å². The molecular weight excluding hydrogens is 397 g/mol. The van der Waals surface area contributed by atoms with Crippen LogP contribution in [0.4, 0.5) is 21.7 Å².